The minimum atomic E-state index is -0.278. The fraction of sp³-hybridized carbons (Fsp3) is 0.375. The highest BCUT2D eigenvalue weighted by Crippen LogP contribution is 2.27. The molecule has 0 aliphatic carbocycles. The smallest absolute Gasteiger partial charge is 0.244 e. The largest absolute Gasteiger partial charge is 0.351 e. The van der Waals surface area contributed by atoms with Crippen LogP contribution < -0.4 is 16.0 Å². The zero-order chi connectivity index (χ0) is 27.5. The summed E-state index contributed by atoms with van der Waals surface area (Å²) in [5, 5.41) is 9.81. The first kappa shape index (κ1) is 28.7. The van der Waals surface area contributed by atoms with Gasteiger partial charge >= 0.3 is 0 Å². The van der Waals surface area contributed by atoms with Crippen LogP contribution in [0, 0.1) is 6.92 Å². The van der Waals surface area contributed by atoms with E-state index in [1.54, 1.807) is 17.4 Å². The SMILES string of the molecule is CNCCCC1NC(CNC(=O)/C=C/c2ccc(C)s2)CCN(CC(c2ccccc2)c2ccccc2)C1=O. The lowest BCUT2D eigenvalue weighted by Gasteiger charge is -2.29. The van der Waals surface area contributed by atoms with E-state index in [1.807, 2.05) is 36.2 Å². The highest BCUT2D eigenvalue weighted by Gasteiger charge is 2.32. The molecule has 6 nitrogen and oxygen atoms in total. The predicted molar refractivity (Wildman–Crippen MR) is 161 cm³/mol. The van der Waals surface area contributed by atoms with Gasteiger partial charge in [-0.1, -0.05) is 60.7 Å². The normalized spacial score (nSPS) is 18.0. The number of amides is 2. The molecule has 0 bridgehead atoms. The Morgan fingerprint density at radius 2 is 1.77 bits per heavy atom. The van der Waals surface area contributed by atoms with E-state index in [9.17, 15) is 9.59 Å². The van der Waals surface area contributed by atoms with Crippen LogP contribution in [0.25, 0.3) is 6.08 Å². The van der Waals surface area contributed by atoms with Gasteiger partial charge in [-0.25, -0.2) is 0 Å². The van der Waals surface area contributed by atoms with Crippen LogP contribution in [0.3, 0.4) is 0 Å². The molecule has 2 aromatic carbocycles. The molecule has 39 heavy (non-hydrogen) atoms. The van der Waals surface area contributed by atoms with Crippen molar-refractivity contribution in [3.63, 3.8) is 0 Å². The number of carbonyl (C=O) groups excluding carboxylic acids is 2. The lowest BCUT2D eigenvalue weighted by Crippen LogP contribution is -2.49. The van der Waals surface area contributed by atoms with Crippen LogP contribution >= 0.6 is 11.3 Å². The minimum absolute atomic E-state index is 0.0202. The highest BCUT2D eigenvalue weighted by molar-refractivity contribution is 7.12. The standard InChI is InChI=1S/C32H40N4O2S/c1-24-15-16-28(39-24)17-18-31(37)34-22-27-19-21-36(32(38)30(35-27)14-9-20-33-2)23-29(25-10-5-3-6-11-25)26-12-7-4-8-13-26/h3-8,10-13,15-18,27,29-30,33,35H,9,14,19-23H2,1-2H3,(H,34,37)/b18-17+. The van der Waals surface area contributed by atoms with Crippen LogP contribution in [0.5, 0.6) is 0 Å². The Bertz CT molecular complexity index is 1170. The Morgan fingerprint density at radius 1 is 1.08 bits per heavy atom. The van der Waals surface area contributed by atoms with Gasteiger partial charge in [-0.15, -0.1) is 11.3 Å². The van der Waals surface area contributed by atoms with Crippen LogP contribution in [0.4, 0.5) is 0 Å². The van der Waals surface area contributed by atoms with Gasteiger partial charge in [0, 0.05) is 47.4 Å². The number of hydrogen-bond acceptors (Lipinski definition) is 5. The minimum Gasteiger partial charge on any atom is -0.351 e. The second-order valence-corrected chi connectivity index (χ2v) is 11.5. The number of nitrogens with zero attached hydrogens (tertiary/aromatic N) is 1. The molecule has 2 unspecified atom stereocenters. The van der Waals surface area contributed by atoms with E-state index in [0.717, 1.165) is 30.7 Å². The van der Waals surface area contributed by atoms with Crippen molar-refractivity contribution in [1.82, 2.24) is 20.9 Å². The third-order valence-electron chi connectivity index (χ3n) is 7.20. The fourth-order valence-corrected chi connectivity index (χ4v) is 5.87. The summed E-state index contributed by atoms with van der Waals surface area (Å²) in [4.78, 5) is 30.7. The van der Waals surface area contributed by atoms with Gasteiger partial charge in [-0.2, -0.15) is 0 Å². The fourth-order valence-electron chi connectivity index (χ4n) is 5.09. The maximum atomic E-state index is 13.8. The van der Waals surface area contributed by atoms with Crippen molar-refractivity contribution in [3.8, 4) is 0 Å². The van der Waals surface area contributed by atoms with E-state index in [2.05, 4.69) is 77.5 Å². The van der Waals surface area contributed by atoms with Crippen LogP contribution in [0.1, 0.15) is 46.1 Å². The summed E-state index contributed by atoms with van der Waals surface area (Å²) in [7, 11) is 1.93. The van der Waals surface area contributed by atoms with Crippen molar-refractivity contribution in [1.29, 1.82) is 0 Å². The summed E-state index contributed by atoms with van der Waals surface area (Å²) >= 11 is 1.66. The van der Waals surface area contributed by atoms with Crippen molar-refractivity contribution in [3.05, 3.63) is 99.8 Å². The van der Waals surface area contributed by atoms with Crippen molar-refractivity contribution in [2.24, 2.45) is 0 Å². The average Bonchev–Trinajstić information content (AvgIpc) is 3.32. The molecule has 7 heteroatoms. The molecule has 3 N–H and O–H groups in total. The van der Waals surface area contributed by atoms with Crippen molar-refractivity contribution in [2.75, 3.05) is 33.2 Å². The van der Waals surface area contributed by atoms with Crippen LogP contribution in [0.2, 0.25) is 0 Å². The Balaban J connectivity index is 1.45. The monoisotopic (exact) mass is 544 g/mol. The van der Waals surface area contributed by atoms with Gasteiger partial charge in [-0.3, -0.25) is 9.59 Å². The van der Waals surface area contributed by atoms with E-state index in [-0.39, 0.29) is 29.8 Å². The predicted octanol–water partition coefficient (Wildman–Crippen LogP) is 4.58. The van der Waals surface area contributed by atoms with Crippen molar-refractivity contribution < 1.29 is 9.59 Å². The van der Waals surface area contributed by atoms with Crippen molar-refractivity contribution in [2.45, 2.75) is 44.2 Å². The molecule has 4 rings (SSSR count). The van der Waals surface area contributed by atoms with Crippen molar-refractivity contribution >= 4 is 29.2 Å². The maximum absolute atomic E-state index is 13.8. The number of benzene rings is 2. The first-order valence-electron chi connectivity index (χ1n) is 13.8. The molecule has 1 aromatic heterocycles. The molecule has 1 aliphatic rings. The molecule has 3 aromatic rings. The molecule has 0 saturated carbocycles. The van der Waals surface area contributed by atoms with E-state index >= 15 is 0 Å². The van der Waals surface area contributed by atoms with E-state index < -0.39 is 0 Å². The second-order valence-electron chi connectivity index (χ2n) is 10.1. The van der Waals surface area contributed by atoms with E-state index in [0.29, 0.717) is 19.6 Å². The van der Waals surface area contributed by atoms with Gasteiger partial charge < -0.3 is 20.9 Å². The first-order chi connectivity index (χ1) is 19.0. The van der Waals surface area contributed by atoms with Gasteiger partial charge in [0.05, 0.1) is 6.04 Å². The second kappa shape index (κ2) is 14.8. The molecule has 2 amide bonds. The molecule has 0 spiro atoms. The summed E-state index contributed by atoms with van der Waals surface area (Å²) in [5.74, 6) is 0.122. The molecule has 1 aliphatic heterocycles. The molecular formula is C32H40N4O2S. The van der Waals surface area contributed by atoms with Gasteiger partial charge in [0.15, 0.2) is 0 Å². The Labute approximate surface area is 236 Å². The summed E-state index contributed by atoms with van der Waals surface area (Å²) in [6.07, 6.45) is 5.87. The van der Waals surface area contributed by atoms with E-state index in [1.165, 1.54) is 16.0 Å². The van der Waals surface area contributed by atoms with Crippen LogP contribution in [-0.4, -0.2) is 62.0 Å². The molecule has 1 saturated heterocycles. The number of rotatable bonds is 12. The molecule has 0 radical (unpaired) electrons. The van der Waals surface area contributed by atoms with Gasteiger partial charge in [0.1, 0.15) is 0 Å². The third kappa shape index (κ3) is 8.62. The van der Waals surface area contributed by atoms with Gasteiger partial charge in [-0.05, 0) is 69.1 Å². The Morgan fingerprint density at radius 3 is 2.38 bits per heavy atom. The van der Waals surface area contributed by atoms with Crippen LogP contribution in [0.15, 0.2) is 78.9 Å². The van der Waals surface area contributed by atoms with E-state index in [4.69, 9.17) is 0 Å². The molecule has 1 fully saturated rings. The lowest BCUT2D eigenvalue weighted by atomic mass is 9.90. The topological polar surface area (TPSA) is 73.5 Å². The third-order valence-corrected chi connectivity index (χ3v) is 8.17. The Kier molecular flexibility index (Phi) is 10.9. The molecule has 206 valence electrons. The average molecular weight is 545 g/mol. The zero-order valence-corrected chi connectivity index (χ0v) is 23.8. The zero-order valence-electron chi connectivity index (χ0n) is 22.9. The number of hydrogen-bond donors (Lipinski definition) is 3. The summed E-state index contributed by atoms with van der Waals surface area (Å²) in [5.41, 5.74) is 2.41. The molecular weight excluding hydrogens is 504 g/mol. The molecule has 2 atom stereocenters. The van der Waals surface area contributed by atoms with Gasteiger partial charge in [0.2, 0.25) is 11.8 Å². The summed E-state index contributed by atoms with van der Waals surface area (Å²) in [6.45, 7) is 4.67. The number of carbonyl (C=O) groups is 2. The van der Waals surface area contributed by atoms with Crippen LogP contribution in [-0.2, 0) is 9.59 Å². The summed E-state index contributed by atoms with van der Waals surface area (Å²) in [6, 6.07) is 24.7. The van der Waals surface area contributed by atoms with Gasteiger partial charge in [0.25, 0.3) is 0 Å². The maximum Gasteiger partial charge on any atom is 0.244 e. The number of nitrogens with one attached hydrogen (secondary N) is 3. The quantitative estimate of drug-likeness (QED) is 0.231. The highest BCUT2D eigenvalue weighted by atomic mass is 32.1. The Hall–Kier alpha value is -3.26. The first-order valence-corrected chi connectivity index (χ1v) is 14.7. The summed E-state index contributed by atoms with van der Waals surface area (Å²) < 4.78 is 0. The molecule has 2 heterocycles. The number of thiophene rings is 1. The number of aryl methyl sites for hydroxylation is 1. The lowest BCUT2D eigenvalue weighted by molar-refractivity contribution is -0.133.